The number of nitrogens with zero attached hydrogens (tertiary/aromatic N) is 1. The van der Waals surface area contributed by atoms with Gasteiger partial charge in [-0.1, -0.05) is 19.4 Å². The van der Waals surface area contributed by atoms with Crippen molar-refractivity contribution in [2.45, 2.75) is 20.8 Å². The lowest BCUT2D eigenvalue weighted by Gasteiger charge is -2.00. The van der Waals surface area contributed by atoms with Crippen LogP contribution in [0.3, 0.4) is 0 Å². The van der Waals surface area contributed by atoms with E-state index in [2.05, 4.69) is 25.8 Å². The smallest absolute Gasteiger partial charge is 0.0593 e. The third-order valence-electron chi connectivity index (χ3n) is 1.36. The molecule has 1 nitrogen and oxygen atoms in total. The molecule has 2 heteroatoms. The molecule has 0 aliphatic heterocycles. The van der Waals surface area contributed by atoms with E-state index in [4.69, 9.17) is 0 Å². The van der Waals surface area contributed by atoms with E-state index in [-0.39, 0.29) is 0 Å². The number of aliphatic imine (C=N–C) groups is 1. The van der Waals surface area contributed by atoms with Crippen molar-refractivity contribution in [3.05, 3.63) is 11.8 Å². The van der Waals surface area contributed by atoms with Gasteiger partial charge in [0.05, 0.1) is 5.55 Å². The minimum absolute atomic E-state index is 0.610. The van der Waals surface area contributed by atoms with Crippen molar-refractivity contribution in [3.63, 3.8) is 0 Å². The Labute approximate surface area is 67.6 Å². The van der Waals surface area contributed by atoms with Crippen molar-refractivity contribution in [2.75, 3.05) is 6.26 Å². The molecular weight excluding hydrogens is 142 g/mol. The average Bonchev–Trinajstić information content (AvgIpc) is 1.88. The molecule has 0 saturated carbocycles. The second kappa shape index (κ2) is 5.54. The Morgan fingerprint density at radius 1 is 1.50 bits per heavy atom. The van der Waals surface area contributed by atoms with Crippen LogP contribution in [0.15, 0.2) is 16.8 Å². The van der Waals surface area contributed by atoms with E-state index in [1.807, 2.05) is 18.0 Å². The maximum atomic E-state index is 4.09. The van der Waals surface area contributed by atoms with Gasteiger partial charge in [0.2, 0.25) is 0 Å². The Kier molecular flexibility index (Phi) is 5.40. The predicted octanol–water partition coefficient (Wildman–Crippen LogP) is 2.94. The first-order chi connectivity index (χ1) is 4.68. The molecule has 0 radical (unpaired) electrons. The van der Waals surface area contributed by atoms with Crippen LogP contribution in [0, 0.1) is 5.92 Å². The highest BCUT2D eigenvalue weighted by Crippen LogP contribution is 2.07. The molecular formula is C8H15NS. The van der Waals surface area contributed by atoms with Gasteiger partial charge in [-0.05, 0) is 19.1 Å². The van der Waals surface area contributed by atoms with Crippen molar-refractivity contribution in [3.8, 4) is 0 Å². The van der Waals surface area contributed by atoms with E-state index in [1.165, 1.54) is 5.57 Å². The summed E-state index contributed by atoms with van der Waals surface area (Å²) in [5.41, 5.74) is 3.16. The summed E-state index contributed by atoms with van der Waals surface area (Å²) in [4.78, 5) is 4.09. The summed E-state index contributed by atoms with van der Waals surface area (Å²) in [6, 6.07) is 0. The standard InChI is InChI=1S/C8H15NS/c1-7(2)8(3)5-9-6-10-4/h5-7H,1-4H3/b8-5+,9-6-. The van der Waals surface area contributed by atoms with Gasteiger partial charge >= 0.3 is 0 Å². The largest absolute Gasteiger partial charge is 0.258 e. The van der Waals surface area contributed by atoms with Crippen LogP contribution in [-0.2, 0) is 0 Å². The first-order valence-electron chi connectivity index (χ1n) is 3.39. The molecule has 0 aromatic heterocycles. The van der Waals surface area contributed by atoms with Gasteiger partial charge in [0.1, 0.15) is 0 Å². The summed E-state index contributed by atoms with van der Waals surface area (Å²) in [6.07, 6.45) is 3.92. The zero-order valence-electron chi connectivity index (χ0n) is 7.09. The average molecular weight is 157 g/mol. The quantitative estimate of drug-likeness (QED) is 0.453. The molecule has 0 spiro atoms. The summed E-state index contributed by atoms with van der Waals surface area (Å²) in [6.45, 7) is 6.43. The molecule has 10 heavy (non-hydrogen) atoms. The van der Waals surface area contributed by atoms with Gasteiger partial charge < -0.3 is 0 Å². The molecule has 58 valence electrons. The fourth-order valence-electron chi connectivity index (χ4n) is 0.358. The molecule has 0 aliphatic carbocycles. The van der Waals surface area contributed by atoms with Crippen LogP contribution in [0.2, 0.25) is 0 Å². The second-order valence-electron chi connectivity index (χ2n) is 2.52. The minimum Gasteiger partial charge on any atom is -0.258 e. The Bertz CT molecular complexity index is 136. The number of thioether (sulfide) groups is 1. The van der Waals surface area contributed by atoms with Crippen LogP contribution >= 0.6 is 11.8 Å². The van der Waals surface area contributed by atoms with Crippen LogP contribution in [0.1, 0.15) is 20.8 Å². The van der Waals surface area contributed by atoms with Crippen LogP contribution in [0.25, 0.3) is 0 Å². The third kappa shape index (κ3) is 4.62. The van der Waals surface area contributed by atoms with Crippen molar-refractivity contribution in [1.29, 1.82) is 0 Å². The van der Waals surface area contributed by atoms with E-state index in [9.17, 15) is 0 Å². The molecule has 0 heterocycles. The monoisotopic (exact) mass is 157 g/mol. The SMILES string of the molecule is CS/C=N\C=C(/C)C(C)C. The van der Waals surface area contributed by atoms with Gasteiger partial charge in [0.25, 0.3) is 0 Å². The second-order valence-corrected chi connectivity index (χ2v) is 3.20. The van der Waals surface area contributed by atoms with Gasteiger partial charge in [-0.3, -0.25) is 4.99 Å². The maximum Gasteiger partial charge on any atom is 0.0593 e. The molecule has 0 N–H and O–H groups in total. The Morgan fingerprint density at radius 3 is 2.50 bits per heavy atom. The van der Waals surface area contributed by atoms with E-state index in [0.717, 1.165) is 0 Å². The number of hydrogen-bond acceptors (Lipinski definition) is 2. The molecule has 0 aromatic rings. The summed E-state index contributed by atoms with van der Waals surface area (Å²) >= 11 is 1.62. The van der Waals surface area contributed by atoms with E-state index in [1.54, 1.807) is 11.8 Å². The van der Waals surface area contributed by atoms with Crippen molar-refractivity contribution >= 4 is 17.3 Å². The van der Waals surface area contributed by atoms with E-state index in [0.29, 0.717) is 5.92 Å². The zero-order valence-corrected chi connectivity index (χ0v) is 7.90. The fraction of sp³-hybridized carbons (Fsp3) is 0.625. The molecule has 0 bridgehead atoms. The van der Waals surface area contributed by atoms with Crippen molar-refractivity contribution in [1.82, 2.24) is 0 Å². The normalized spacial score (nSPS) is 13.5. The zero-order chi connectivity index (χ0) is 7.98. The Balaban J connectivity index is 3.79. The predicted molar refractivity (Wildman–Crippen MR) is 50.6 cm³/mol. The molecule has 0 rings (SSSR count). The lowest BCUT2D eigenvalue weighted by Crippen LogP contribution is -1.86. The Hall–Kier alpha value is -0.240. The molecule has 0 saturated heterocycles. The van der Waals surface area contributed by atoms with Crippen LogP contribution in [0.5, 0.6) is 0 Å². The van der Waals surface area contributed by atoms with Crippen LogP contribution in [0.4, 0.5) is 0 Å². The molecule has 0 fully saturated rings. The van der Waals surface area contributed by atoms with Gasteiger partial charge in [-0.25, -0.2) is 0 Å². The molecule has 0 aliphatic rings. The molecule has 0 amide bonds. The lowest BCUT2D eigenvalue weighted by molar-refractivity contribution is 0.766. The molecule has 0 aromatic carbocycles. The van der Waals surface area contributed by atoms with Crippen molar-refractivity contribution in [2.24, 2.45) is 10.9 Å². The number of rotatable bonds is 3. The first-order valence-corrected chi connectivity index (χ1v) is 4.68. The van der Waals surface area contributed by atoms with Crippen LogP contribution < -0.4 is 0 Å². The number of hydrogen-bond donors (Lipinski definition) is 0. The van der Waals surface area contributed by atoms with Crippen molar-refractivity contribution < 1.29 is 0 Å². The van der Waals surface area contributed by atoms with Gasteiger partial charge in [0.15, 0.2) is 0 Å². The maximum absolute atomic E-state index is 4.09. The minimum atomic E-state index is 0.610. The van der Waals surface area contributed by atoms with Crippen LogP contribution in [-0.4, -0.2) is 11.8 Å². The topological polar surface area (TPSA) is 12.4 Å². The highest BCUT2D eigenvalue weighted by molar-refractivity contribution is 8.11. The fourth-order valence-corrected chi connectivity index (χ4v) is 0.541. The van der Waals surface area contributed by atoms with E-state index < -0.39 is 0 Å². The summed E-state index contributed by atoms with van der Waals surface area (Å²) in [5.74, 6) is 0.610. The third-order valence-corrected chi connectivity index (χ3v) is 1.69. The summed E-state index contributed by atoms with van der Waals surface area (Å²) < 4.78 is 0. The molecule has 0 atom stereocenters. The Morgan fingerprint density at radius 2 is 2.10 bits per heavy atom. The summed E-state index contributed by atoms with van der Waals surface area (Å²) in [5, 5.41) is 0. The molecule has 0 unspecified atom stereocenters. The first kappa shape index (κ1) is 9.76. The highest BCUT2D eigenvalue weighted by Gasteiger charge is 1.92. The van der Waals surface area contributed by atoms with Gasteiger partial charge in [-0.2, -0.15) is 0 Å². The van der Waals surface area contributed by atoms with E-state index >= 15 is 0 Å². The van der Waals surface area contributed by atoms with Gasteiger partial charge in [-0.15, -0.1) is 11.8 Å². The highest BCUT2D eigenvalue weighted by atomic mass is 32.2. The van der Waals surface area contributed by atoms with Gasteiger partial charge in [0, 0.05) is 6.20 Å². The summed E-state index contributed by atoms with van der Waals surface area (Å²) in [7, 11) is 0. The lowest BCUT2D eigenvalue weighted by atomic mass is 10.1. The number of allylic oxidation sites excluding steroid dienone is 1.